The lowest BCUT2D eigenvalue weighted by molar-refractivity contribution is 0.127. The van der Waals surface area contributed by atoms with E-state index in [1.165, 1.54) is 5.56 Å². The molecule has 0 saturated heterocycles. The van der Waals surface area contributed by atoms with Crippen LogP contribution in [0.4, 0.5) is 0 Å². The van der Waals surface area contributed by atoms with Crippen molar-refractivity contribution in [1.82, 2.24) is 5.32 Å². The molecule has 0 radical (unpaired) electrons. The first-order chi connectivity index (χ1) is 9.02. The lowest BCUT2D eigenvalue weighted by atomic mass is 9.88. The molecular formula is C16H26ClNO. The molecule has 1 aromatic carbocycles. The fraction of sp³-hybridized carbons (Fsp3) is 0.625. The summed E-state index contributed by atoms with van der Waals surface area (Å²) in [6.07, 6.45) is 1.03. The molecule has 0 fully saturated rings. The maximum atomic E-state index is 6.06. The van der Waals surface area contributed by atoms with Crippen LogP contribution >= 0.6 is 11.6 Å². The van der Waals surface area contributed by atoms with Gasteiger partial charge in [0.05, 0.1) is 0 Å². The molecule has 0 aliphatic heterocycles. The third kappa shape index (κ3) is 6.42. The van der Waals surface area contributed by atoms with Gasteiger partial charge in [0, 0.05) is 24.8 Å². The molecule has 1 aromatic rings. The summed E-state index contributed by atoms with van der Waals surface area (Å²) >= 11 is 6.06. The molecule has 0 aromatic heterocycles. The molecule has 2 nitrogen and oxygen atoms in total. The third-order valence-electron chi connectivity index (χ3n) is 3.41. The Balaban J connectivity index is 2.67. The van der Waals surface area contributed by atoms with Crippen molar-refractivity contribution in [1.29, 1.82) is 0 Å². The van der Waals surface area contributed by atoms with Crippen LogP contribution in [0.3, 0.4) is 0 Å². The summed E-state index contributed by atoms with van der Waals surface area (Å²) in [4.78, 5) is 0. The Hall–Kier alpha value is -0.570. The minimum atomic E-state index is 0.511. The second-order valence-corrected chi connectivity index (χ2v) is 6.03. The van der Waals surface area contributed by atoms with Crippen molar-refractivity contribution in [3.8, 4) is 0 Å². The lowest BCUT2D eigenvalue weighted by Crippen LogP contribution is -2.34. The molecule has 108 valence electrons. The standard InChI is InChI=1S/C16H26ClNO/c1-12(2)18-10-15(13(3)11-19-4)8-14-6-5-7-16(17)9-14/h5-7,9,12-13,15,18H,8,10-11H2,1-4H3. The van der Waals surface area contributed by atoms with Crippen LogP contribution in [-0.2, 0) is 11.2 Å². The molecule has 0 spiro atoms. The van der Waals surface area contributed by atoms with Gasteiger partial charge in [-0.15, -0.1) is 0 Å². The summed E-state index contributed by atoms with van der Waals surface area (Å²) < 4.78 is 5.30. The summed E-state index contributed by atoms with van der Waals surface area (Å²) in [5.41, 5.74) is 1.30. The molecule has 19 heavy (non-hydrogen) atoms. The lowest BCUT2D eigenvalue weighted by Gasteiger charge is -2.25. The summed E-state index contributed by atoms with van der Waals surface area (Å²) in [6, 6.07) is 8.66. The average Bonchev–Trinajstić information content (AvgIpc) is 2.34. The topological polar surface area (TPSA) is 21.3 Å². The zero-order chi connectivity index (χ0) is 14.3. The van der Waals surface area contributed by atoms with E-state index in [0.717, 1.165) is 24.6 Å². The largest absolute Gasteiger partial charge is 0.384 e. The Morgan fingerprint density at radius 2 is 2.00 bits per heavy atom. The molecule has 0 aliphatic rings. The van der Waals surface area contributed by atoms with Gasteiger partial charge in [-0.2, -0.15) is 0 Å². The van der Waals surface area contributed by atoms with E-state index in [1.807, 2.05) is 12.1 Å². The third-order valence-corrected chi connectivity index (χ3v) is 3.64. The minimum absolute atomic E-state index is 0.511. The van der Waals surface area contributed by atoms with E-state index in [9.17, 15) is 0 Å². The number of halogens is 1. The first-order valence-electron chi connectivity index (χ1n) is 6.99. The highest BCUT2D eigenvalue weighted by Gasteiger charge is 2.18. The van der Waals surface area contributed by atoms with Crippen LogP contribution in [0.25, 0.3) is 0 Å². The van der Waals surface area contributed by atoms with E-state index in [-0.39, 0.29) is 0 Å². The van der Waals surface area contributed by atoms with Crippen LogP contribution in [0, 0.1) is 11.8 Å². The van der Waals surface area contributed by atoms with Gasteiger partial charge in [-0.25, -0.2) is 0 Å². The van der Waals surface area contributed by atoms with Crippen LogP contribution in [-0.4, -0.2) is 26.3 Å². The maximum absolute atomic E-state index is 6.06. The van der Waals surface area contributed by atoms with Gasteiger partial charge in [0.25, 0.3) is 0 Å². The van der Waals surface area contributed by atoms with E-state index < -0.39 is 0 Å². The number of hydrogen-bond acceptors (Lipinski definition) is 2. The Morgan fingerprint density at radius 1 is 1.26 bits per heavy atom. The summed E-state index contributed by atoms with van der Waals surface area (Å²) in [7, 11) is 1.77. The molecule has 1 rings (SSSR count). The van der Waals surface area contributed by atoms with Gasteiger partial charge in [0.15, 0.2) is 0 Å². The number of nitrogens with one attached hydrogen (secondary N) is 1. The Labute approximate surface area is 122 Å². The predicted molar refractivity (Wildman–Crippen MR) is 82.8 cm³/mol. The van der Waals surface area contributed by atoms with Crippen molar-refractivity contribution < 1.29 is 4.74 Å². The molecule has 1 N–H and O–H groups in total. The number of rotatable bonds is 8. The second kappa shape index (κ2) is 8.57. The molecule has 2 atom stereocenters. The SMILES string of the molecule is COCC(C)C(CNC(C)C)Cc1cccc(Cl)c1. The maximum Gasteiger partial charge on any atom is 0.0491 e. The molecule has 3 heteroatoms. The van der Waals surface area contributed by atoms with Gasteiger partial charge < -0.3 is 10.1 Å². The molecule has 2 unspecified atom stereocenters. The quantitative estimate of drug-likeness (QED) is 0.784. The number of hydrogen-bond donors (Lipinski definition) is 1. The molecular weight excluding hydrogens is 258 g/mol. The van der Waals surface area contributed by atoms with E-state index in [0.29, 0.717) is 17.9 Å². The van der Waals surface area contributed by atoms with Gasteiger partial charge in [-0.1, -0.05) is 44.5 Å². The predicted octanol–water partition coefficient (Wildman–Crippen LogP) is 3.78. The van der Waals surface area contributed by atoms with E-state index in [4.69, 9.17) is 16.3 Å². The summed E-state index contributed by atoms with van der Waals surface area (Å²) in [5.74, 6) is 1.08. The molecule has 0 amide bonds. The highest BCUT2D eigenvalue weighted by atomic mass is 35.5. The average molecular weight is 284 g/mol. The second-order valence-electron chi connectivity index (χ2n) is 5.59. The van der Waals surface area contributed by atoms with Crippen LogP contribution in [0.5, 0.6) is 0 Å². The van der Waals surface area contributed by atoms with E-state index >= 15 is 0 Å². The normalized spacial score (nSPS) is 14.6. The number of ether oxygens (including phenoxy) is 1. The fourth-order valence-electron chi connectivity index (χ4n) is 2.23. The Kier molecular flexibility index (Phi) is 7.44. The van der Waals surface area contributed by atoms with Crippen LogP contribution < -0.4 is 5.32 Å². The van der Waals surface area contributed by atoms with Crippen molar-refractivity contribution in [2.75, 3.05) is 20.3 Å². The van der Waals surface area contributed by atoms with Crippen LogP contribution in [0.15, 0.2) is 24.3 Å². The van der Waals surface area contributed by atoms with Crippen molar-refractivity contribution in [2.45, 2.75) is 33.2 Å². The monoisotopic (exact) mass is 283 g/mol. The highest BCUT2D eigenvalue weighted by molar-refractivity contribution is 6.30. The van der Waals surface area contributed by atoms with E-state index in [2.05, 4.69) is 38.2 Å². The summed E-state index contributed by atoms with van der Waals surface area (Å²) in [6.45, 7) is 8.41. The Morgan fingerprint density at radius 3 is 2.58 bits per heavy atom. The zero-order valence-electron chi connectivity index (χ0n) is 12.4. The van der Waals surface area contributed by atoms with Crippen LogP contribution in [0.1, 0.15) is 26.3 Å². The van der Waals surface area contributed by atoms with Crippen LogP contribution in [0.2, 0.25) is 5.02 Å². The Bertz CT molecular complexity index is 368. The highest BCUT2D eigenvalue weighted by Crippen LogP contribution is 2.20. The first kappa shape index (κ1) is 16.5. The van der Waals surface area contributed by atoms with Gasteiger partial charge in [-0.3, -0.25) is 0 Å². The molecule has 0 saturated carbocycles. The van der Waals surface area contributed by atoms with Crippen molar-refractivity contribution in [3.63, 3.8) is 0 Å². The smallest absolute Gasteiger partial charge is 0.0491 e. The first-order valence-corrected chi connectivity index (χ1v) is 7.37. The van der Waals surface area contributed by atoms with Crippen molar-refractivity contribution >= 4 is 11.6 Å². The minimum Gasteiger partial charge on any atom is -0.384 e. The molecule has 0 bridgehead atoms. The van der Waals surface area contributed by atoms with Gasteiger partial charge in [0.1, 0.15) is 0 Å². The number of benzene rings is 1. The zero-order valence-corrected chi connectivity index (χ0v) is 13.2. The van der Waals surface area contributed by atoms with Gasteiger partial charge in [-0.05, 0) is 42.5 Å². The molecule has 0 aliphatic carbocycles. The van der Waals surface area contributed by atoms with Gasteiger partial charge >= 0.3 is 0 Å². The van der Waals surface area contributed by atoms with E-state index in [1.54, 1.807) is 7.11 Å². The van der Waals surface area contributed by atoms with Crippen molar-refractivity contribution in [3.05, 3.63) is 34.9 Å². The van der Waals surface area contributed by atoms with Crippen molar-refractivity contribution in [2.24, 2.45) is 11.8 Å². The van der Waals surface area contributed by atoms with Gasteiger partial charge in [0.2, 0.25) is 0 Å². The summed E-state index contributed by atoms with van der Waals surface area (Å²) in [5, 5.41) is 4.34. The molecule has 0 heterocycles. The fourth-order valence-corrected chi connectivity index (χ4v) is 2.44. The number of methoxy groups -OCH3 is 1.